The fourth-order valence-electron chi connectivity index (χ4n) is 1.14. The van der Waals surface area contributed by atoms with Crippen LogP contribution in [0.2, 0.25) is 0 Å². The van der Waals surface area contributed by atoms with Crippen LogP contribution in [0.4, 0.5) is 0 Å². The molecule has 0 atom stereocenters. The van der Waals surface area contributed by atoms with E-state index in [2.05, 4.69) is 0 Å². The standard InChI is InChI=1S/C10H11NO3/c1-6-2-3-7(9(12)5-11)4-8(6)10(13)14/h2-4H,5,11H2,1H3,(H,13,14). The van der Waals surface area contributed by atoms with E-state index in [1.54, 1.807) is 19.1 Å². The molecule has 1 aromatic rings. The molecule has 0 bridgehead atoms. The molecule has 0 saturated carbocycles. The quantitative estimate of drug-likeness (QED) is 0.697. The topological polar surface area (TPSA) is 80.4 Å². The van der Waals surface area contributed by atoms with Gasteiger partial charge in [0.05, 0.1) is 12.1 Å². The second-order valence-corrected chi connectivity index (χ2v) is 2.96. The van der Waals surface area contributed by atoms with E-state index in [9.17, 15) is 9.59 Å². The number of Topliss-reactive ketones (excluding diaryl/α,β-unsaturated/α-hetero) is 1. The third-order valence-electron chi connectivity index (χ3n) is 1.98. The lowest BCUT2D eigenvalue weighted by atomic mass is 10.0. The van der Waals surface area contributed by atoms with Crippen LogP contribution in [0.5, 0.6) is 0 Å². The third kappa shape index (κ3) is 1.97. The molecule has 0 aliphatic heterocycles. The van der Waals surface area contributed by atoms with Crippen LogP contribution in [0, 0.1) is 6.92 Å². The lowest BCUT2D eigenvalue weighted by Gasteiger charge is -2.03. The smallest absolute Gasteiger partial charge is 0.335 e. The fourth-order valence-corrected chi connectivity index (χ4v) is 1.14. The van der Waals surface area contributed by atoms with Crippen molar-refractivity contribution in [3.8, 4) is 0 Å². The first-order valence-electron chi connectivity index (χ1n) is 4.13. The van der Waals surface area contributed by atoms with E-state index < -0.39 is 5.97 Å². The summed E-state index contributed by atoms with van der Waals surface area (Å²) in [4.78, 5) is 21.9. The van der Waals surface area contributed by atoms with Gasteiger partial charge in [-0.1, -0.05) is 12.1 Å². The largest absolute Gasteiger partial charge is 0.478 e. The molecule has 0 aromatic heterocycles. The van der Waals surface area contributed by atoms with Crippen molar-refractivity contribution in [2.75, 3.05) is 6.54 Å². The SMILES string of the molecule is Cc1ccc(C(=O)CN)cc1C(=O)O. The summed E-state index contributed by atoms with van der Waals surface area (Å²) >= 11 is 0. The fraction of sp³-hybridized carbons (Fsp3) is 0.200. The van der Waals surface area contributed by atoms with E-state index in [1.807, 2.05) is 0 Å². The molecule has 74 valence electrons. The molecule has 14 heavy (non-hydrogen) atoms. The van der Waals surface area contributed by atoms with Crippen molar-refractivity contribution < 1.29 is 14.7 Å². The Hall–Kier alpha value is -1.68. The van der Waals surface area contributed by atoms with E-state index in [-0.39, 0.29) is 17.9 Å². The minimum atomic E-state index is -1.03. The highest BCUT2D eigenvalue weighted by molar-refractivity contribution is 6.00. The molecule has 0 radical (unpaired) electrons. The normalized spacial score (nSPS) is 9.86. The number of carboxylic acid groups (broad SMARTS) is 1. The summed E-state index contributed by atoms with van der Waals surface area (Å²) in [6.07, 6.45) is 0. The molecule has 0 aliphatic rings. The highest BCUT2D eigenvalue weighted by atomic mass is 16.4. The monoisotopic (exact) mass is 193 g/mol. The van der Waals surface area contributed by atoms with Gasteiger partial charge in [-0.25, -0.2) is 4.79 Å². The molecule has 3 N–H and O–H groups in total. The number of carbonyl (C=O) groups is 2. The minimum Gasteiger partial charge on any atom is -0.478 e. The molecule has 0 heterocycles. The number of hydrogen-bond acceptors (Lipinski definition) is 3. The molecule has 1 aromatic carbocycles. The average molecular weight is 193 g/mol. The highest BCUT2D eigenvalue weighted by Crippen LogP contribution is 2.11. The number of hydrogen-bond donors (Lipinski definition) is 2. The Kier molecular flexibility index (Phi) is 2.99. The van der Waals surface area contributed by atoms with Gasteiger partial charge in [0.2, 0.25) is 0 Å². The van der Waals surface area contributed by atoms with Crippen molar-refractivity contribution >= 4 is 11.8 Å². The van der Waals surface area contributed by atoms with Crippen molar-refractivity contribution in [3.63, 3.8) is 0 Å². The van der Waals surface area contributed by atoms with Crippen molar-refractivity contribution in [1.82, 2.24) is 0 Å². The van der Waals surface area contributed by atoms with E-state index in [1.165, 1.54) is 6.07 Å². The summed E-state index contributed by atoms with van der Waals surface area (Å²) < 4.78 is 0. The van der Waals surface area contributed by atoms with Crippen LogP contribution in [0.25, 0.3) is 0 Å². The maximum absolute atomic E-state index is 11.2. The molecule has 4 heteroatoms. The first-order chi connectivity index (χ1) is 6.56. The summed E-state index contributed by atoms with van der Waals surface area (Å²) in [7, 11) is 0. The summed E-state index contributed by atoms with van der Waals surface area (Å²) in [6, 6.07) is 4.54. The zero-order valence-corrected chi connectivity index (χ0v) is 7.78. The number of carbonyl (C=O) groups excluding carboxylic acids is 1. The van der Waals surface area contributed by atoms with E-state index in [4.69, 9.17) is 10.8 Å². The van der Waals surface area contributed by atoms with Crippen molar-refractivity contribution in [2.24, 2.45) is 5.73 Å². The Labute approximate surface area is 81.3 Å². The van der Waals surface area contributed by atoms with Crippen LogP contribution < -0.4 is 5.73 Å². The number of aromatic carboxylic acids is 1. The highest BCUT2D eigenvalue weighted by Gasteiger charge is 2.10. The third-order valence-corrected chi connectivity index (χ3v) is 1.98. The van der Waals surface area contributed by atoms with Crippen LogP contribution >= 0.6 is 0 Å². The Morgan fingerprint density at radius 3 is 2.57 bits per heavy atom. The van der Waals surface area contributed by atoms with Gasteiger partial charge in [-0.2, -0.15) is 0 Å². The molecular weight excluding hydrogens is 182 g/mol. The number of benzene rings is 1. The second kappa shape index (κ2) is 4.02. The first-order valence-corrected chi connectivity index (χ1v) is 4.13. The summed E-state index contributed by atoms with van der Waals surface area (Å²) in [5, 5.41) is 8.80. The van der Waals surface area contributed by atoms with Crippen LogP contribution in [0.3, 0.4) is 0 Å². The van der Waals surface area contributed by atoms with Gasteiger partial charge in [-0.3, -0.25) is 4.79 Å². The number of nitrogens with two attached hydrogens (primary N) is 1. The van der Waals surface area contributed by atoms with Gasteiger partial charge in [-0.15, -0.1) is 0 Å². The number of aryl methyl sites for hydroxylation is 1. The number of ketones is 1. The average Bonchev–Trinajstić information content (AvgIpc) is 2.17. The molecule has 4 nitrogen and oxygen atoms in total. The summed E-state index contributed by atoms with van der Waals surface area (Å²) in [5.41, 5.74) is 6.29. The van der Waals surface area contributed by atoms with Gasteiger partial charge in [0.1, 0.15) is 0 Å². The van der Waals surface area contributed by atoms with Gasteiger partial charge in [-0.05, 0) is 18.6 Å². The summed E-state index contributed by atoms with van der Waals surface area (Å²) in [6.45, 7) is 1.57. The van der Waals surface area contributed by atoms with Gasteiger partial charge in [0, 0.05) is 5.56 Å². The lowest BCUT2D eigenvalue weighted by Crippen LogP contribution is -2.14. The molecule has 0 fully saturated rings. The molecule has 0 amide bonds. The van der Waals surface area contributed by atoms with E-state index >= 15 is 0 Å². The number of carboxylic acids is 1. The number of rotatable bonds is 3. The van der Waals surface area contributed by atoms with Crippen LogP contribution in [-0.2, 0) is 0 Å². The maximum Gasteiger partial charge on any atom is 0.335 e. The molecule has 0 spiro atoms. The van der Waals surface area contributed by atoms with Gasteiger partial charge in [0.25, 0.3) is 0 Å². The van der Waals surface area contributed by atoms with E-state index in [0.29, 0.717) is 11.1 Å². The van der Waals surface area contributed by atoms with Crippen LogP contribution in [-0.4, -0.2) is 23.4 Å². The Morgan fingerprint density at radius 2 is 2.07 bits per heavy atom. The zero-order valence-electron chi connectivity index (χ0n) is 7.78. The predicted octanol–water partition coefficient (Wildman–Crippen LogP) is 0.835. The van der Waals surface area contributed by atoms with Crippen molar-refractivity contribution in [2.45, 2.75) is 6.92 Å². The minimum absolute atomic E-state index is 0.109. The van der Waals surface area contributed by atoms with E-state index in [0.717, 1.165) is 0 Å². The second-order valence-electron chi connectivity index (χ2n) is 2.96. The Bertz CT molecular complexity index is 385. The maximum atomic E-state index is 11.2. The Balaban J connectivity index is 3.19. The predicted molar refractivity (Wildman–Crippen MR) is 51.5 cm³/mol. The molecule has 0 unspecified atom stereocenters. The molecular formula is C10H11NO3. The van der Waals surface area contributed by atoms with Gasteiger partial charge >= 0.3 is 5.97 Å². The Morgan fingerprint density at radius 1 is 1.43 bits per heavy atom. The lowest BCUT2D eigenvalue weighted by molar-refractivity contribution is 0.0696. The molecule has 0 saturated heterocycles. The molecule has 1 rings (SSSR count). The first kappa shape index (κ1) is 10.4. The van der Waals surface area contributed by atoms with Crippen LogP contribution in [0.1, 0.15) is 26.3 Å². The van der Waals surface area contributed by atoms with Crippen molar-refractivity contribution in [3.05, 3.63) is 34.9 Å². The van der Waals surface area contributed by atoms with Gasteiger partial charge < -0.3 is 10.8 Å². The van der Waals surface area contributed by atoms with Crippen molar-refractivity contribution in [1.29, 1.82) is 0 Å². The van der Waals surface area contributed by atoms with Crippen LogP contribution in [0.15, 0.2) is 18.2 Å². The summed E-state index contributed by atoms with van der Waals surface area (Å²) in [5.74, 6) is -1.29. The van der Waals surface area contributed by atoms with Gasteiger partial charge in [0.15, 0.2) is 5.78 Å². The zero-order chi connectivity index (χ0) is 10.7. The molecule has 0 aliphatic carbocycles.